The second-order valence-corrected chi connectivity index (χ2v) is 7.19. The summed E-state index contributed by atoms with van der Waals surface area (Å²) in [6.45, 7) is 4.34. The maximum Gasteiger partial charge on any atom is 1.00 e. The molecule has 0 bridgehead atoms. The van der Waals surface area contributed by atoms with Crippen molar-refractivity contribution in [2.75, 3.05) is 6.61 Å². The van der Waals surface area contributed by atoms with Crippen molar-refractivity contribution in [2.24, 2.45) is 5.92 Å². The minimum atomic E-state index is -2.94. The van der Waals surface area contributed by atoms with E-state index in [1.54, 1.807) is 0 Å². The van der Waals surface area contributed by atoms with Gasteiger partial charge >= 0.3 is 29.6 Å². The van der Waals surface area contributed by atoms with Crippen molar-refractivity contribution < 1.29 is 39.0 Å². The molecule has 2 nitrogen and oxygen atoms in total. The van der Waals surface area contributed by atoms with E-state index >= 15 is 0 Å². The third kappa shape index (κ3) is 12.7. The van der Waals surface area contributed by atoms with Crippen LogP contribution in [0.3, 0.4) is 0 Å². The molecule has 1 atom stereocenters. The first-order valence-electron chi connectivity index (χ1n) is 2.60. The zero-order valence-corrected chi connectivity index (χ0v) is 11.0. The van der Waals surface area contributed by atoms with Gasteiger partial charge in [0, 0.05) is 18.4 Å². The first-order valence-corrected chi connectivity index (χ1v) is 6.39. The molecule has 0 N–H and O–H groups in total. The van der Waals surface area contributed by atoms with Gasteiger partial charge in [-0.15, -0.1) is 0 Å². The van der Waals surface area contributed by atoms with Crippen molar-refractivity contribution in [3.05, 3.63) is 0 Å². The predicted molar refractivity (Wildman–Crippen MR) is 44.1 cm³/mol. The topological polar surface area (TPSA) is 32.3 Å². The fraction of sp³-hybridized carbons (Fsp3) is 1.00. The number of thiol groups is 1. The quantitative estimate of drug-likeness (QED) is 0.256. The van der Waals surface area contributed by atoms with E-state index in [0.717, 1.165) is 0 Å². The summed E-state index contributed by atoms with van der Waals surface area (Å²) in [5.41, 5.74) is 0. The fourth-order valence-corrected chi connectivity index (χ4v) is 1.11. The molecule has 1 unspecified atom stereocenters. The number of hydrogen-bond acceptors (Lipinski definition) is 4. The average molecular weight is 208 g/mol. The van der Waals surface area contributed by atoms with Crippen molar-refractivity contribution in [2.45, 2.75) is 13.8 Å². The molecular formula is C4H10NaO2PS2. The molecule has 10 heavy (non-hydrogen) atoms. The summed E-state index contributed by atoms with van der Waals surface area (Å²) in [7, 11) is 0. The zero-order valence-electron chi connectivity index (χ0n) is 6.40. The number of hydrogen-bond donors (Lipinski definition) is 1. The van der Waals surface area contributed by atoms with Crippen molar-refractivity contribution in [1.29, 1.82) is 0 Å². The third-order valence-corrected chi connectivity index (χ3v) is 1.71. The van der Waals surface area contributed by atoms with Gasteiger partial charge in [0.25, 0.3) is 0 Å². The standard InChI is InChI=1S/C4H11O2PS2.Na/c1-4(2)3-6-7(5,8)9;/h4H,3H2,1-2H3,(H2,5,8,9);/q;+1/p-1. The summed E-state index contributed by atoms with van der Waals surface area (Å²) in [6, 6.07) is 0. The smallest absolute Gasteiger partial charge is 0.663 e. The van der Waals surface area contributed by atoms with E-state index in [1.165, 1.54) is 0 Å². The van der Waals surface area contributed by atoms with Gasteiger partial charge < -0.3 is 17.1 Å². The molecule has 6 heteroatoms. The Bertz CT molecular complexity index is 85.8. The molecular weight excluding hydrogens is 198 g/mol. The molecule has 0 amide bonds. The van der Waals surface area contributed by atoms with Gasteiger partial charge in [-0.25, -0.2) is 0 Å². The van der Waals surface area contributed by atoms with Crippen LogP contribution in [0.5, 0.6) is 0 Å². The molecule has 0 spiro atoms. The van der Waals surface area contributed by atoms with Gasteiger partial charge in [-0.1, -0.05) is 13.8 Å². The Morgan fingerprint density at radius 3 is 2.20 bits per heavy atom. The van der Waals surface area contributed by atoms with Gasteiger partial charge in [0.15, 0.2) is 0 Å². The van der Waals surface area contributed by atoms with Gasteiger partial charge in [0.05, 0.1) is 6.61 Å². The maximum atomic E-state index is 10.6. The van der Waals surface area contributed by atoms with Crippen molar-refractivity contribution in [3.63, 3.8) is 0 Å². The molecule has 0 rings (SSSR count). The van der Waals surface area contributed by atoms with E-state index in [-0.39, 0.29) is 29.6 Å². The Labute approximate surface area is 95.2 Å². The maximum absolute atomic E-state index is 10.6. The number of rotatable bonds is 3. The average Bonchev–Trinajstić information content (AvgIpc) is 1.59. The second kappa shape index (κ2) is 6.55. The third-order valence-electron chi connectivity index (χ3n) is 0.571. The summed E-state index contributed by atoms with van der Waals surface area (Å²) in [4.78, 5) is 10.6. The Hall–Kier alpha value is 2.05. The summed E-state index contributed by atoms with van der Waals surface area (Å²) >= 11 is 7.98. The molecule has 56 valence electrons. The Balaban J connectivity index is 0. The minimum Gasteiger partial charge on any atom is -0.663 e. The van der Waals surface area contributed by atoms with E-state index < -0.39 is 6.12 Å². The zero-order chi connectivity index (χ0) is 7.49. The van der Waals surface area contributed by atoms with Crippen LogP contribution in [-0.4, -0.2) is 6.61 Å². The first-order chi connectivity index (χ1) is 3.92. The summed E-state index contributed by atoms with van der Waals surface area (Å²) in [5.74, 6) is 0.355. The molecule has 0 aromatic heterocycles. The molecule has 0 fully saturated rings. The molecule has 0 radical (unpaired) electrons. The van der Waals surface area contributed by atoms with Gasteiger partial charge in [-0.05, 0) is 5.92 Å². The molecule has 0 saturated carbocycles. The van der Waals surface area contributed by atoms with E-state index in [2.05, 4.69) is 24.5 Å². The summed E-state index contributed by atoms with van der Waals surface area (Å²) < 4.78 is 4.73. The van der Waals surface area contributed by atoms with Gasteiger partial charge in [-0.2, -0.15) is 0 Å². The van der Waals surface area contributed by atoms with E-state index in [0.29, 0.717) is 12.5 Å². The Morgan fingerprint density at radius 1 is 1.70 bits per heavy atom. The van der Waals surface area contributed by atoms with Crippen LogP contribution in [0.25, 0.3) is 0 Å². The summed E-state index contributed by atoms with van der Waals surface area (Å²) in [5, 5.41) is 0. The van der Waals surface area contributed by atoms with E-state index in [4.69, 9.17) is 4.52 Å². The monoisotopic (exact) mass is 208 g/mol. The van der Waals surface area contributed by atoms with Crippen LogP contribution in [0.2, 0.25) is 0 Å². The van der Waals surface area contributed by atoms with Crippen molar-refractivity contribution in [1.82, 2.24) is 0 Å². The van der Waals surface area contributed by atoms with Crippen LogP contribution in [0.4, 0.5) is 0 Å². The molecule has 0 aromatic rings. The molecule has 0 aliphatic carbocycles. The first kappa shape index (κ1) is 14.6. The van der Waals surface area contributed by atoms with E-state index in [1.807, 2.05) is 13.8 Å². The van der Waals surface area contributed by atoms with Crippen LogP contribution in [0, 0.1) is 5.92 Å². The van der Waals surface area contributed by atoms with Crippen LogP contribution in [0.15, 0.2) is 0 Å². The van der Waals surface area contributed by atoms with Crippen LogP contribution in [0.1, 0.15) is 13.8 Å². The molecule has 0 aromatic carbocycles. The molecule has 0 aliphatic rings. The van der Waals surface area contributed by atoms with E-state index in [9.17, 15) is 4.89 Å². The van der Waals surface area contributed by atoms with Gasteiger partial charge in [0.2, 0.25) is 0 Å². The van der Waals surface area contributed by atoms with Crippen molar-refractivity contribution >= 4 is 30.6 Å². The SMILES string of the molecule is CC(C)CO[P+]([O-])([S-])S.[Na+]. The minimum absolute atomic E-state index is 0. The fourth-order valence-electron chi connectivity index (χ4n) is 0.243. The summed E-state index contributed by atoms with van der Waals surface area (Å²) in [6.07, 6.45) is -2.94. The second-order valence-electron chi connectivity index (χ2n) is 2.16. The molecule has 0 heterocycles. The molecule has 0 saturated heterocycles. The predicted octanol–water partition coefficient (Wildman–Crippen LogP) is -1.82. The Kier molecular flexibility index (Phi) is 9.55. The van der Waals surface area contributed by atoms with Crippen molar-refractivity contribution in [3.8, 4) is 0 Å². The Morgan fingerprint density at radius 2 is 2.10 bits per heavy atom. The van der Waals surface area contributed by atoms with Gasteiger partial charge in [0.1, 0.15) is 0 Å². The normalized spacial score (nSPS) is 16.2. The largest absolute Gasteiger partial charge is 1.00 e. The van der Waals surface area contributed by atoms with Crippen LogP contribution < -0.4 is 34.5 Å². The van der Waals surface area contributed by atoms with Gasteiger partial charge in [-0.3, -0.25) is 4.52 Å². The van der Waals surface area contributed by atoms with Crippen LogP contribution in [-0.2, 0) is 16.8 Å². The van der Waals surface area contributed by atoms with Crippen LogP contribution >= 0.6 is 18.4 Å². The molecule has 0 aliphatic heterocycles.